The van der Waals surface area contributed by atoms with Crippen molar-refractivity contribution in [3.8, 4) is 0 Å². The van der Waals surface area contributed by atoms with Crippen molar-refractivity contribution in [2.24, 2.45) is 17.8 Å². The summed E-state index contributed by atoms with van der Waals surface area (Å²) in [4.78, 5) is 56.9. The van der Waals surface area contributed by atoms with E-state index >= 15 is 0 Å². The number of nitrogens with one attached hydrogen (secondary N) is 1. The zero-order chi connectivity index (χ0) is 30.5. The Kier molecular flexibility index (Phi) is 7.11. The standard InChI is InChI=1S/C35H36N4O5/c1-21-12-22(2)17-38(16-21)34(42)25-10-11-30(37-18-23-13-26(20-37)29-7-5-9-32(40)39(29)19-23)28(15-25)36-33(41)27-14-24-6-3-4-8-31(24)44-35(27)43/h3-11,14-15,21-23,26H,12-13,16-20H2,1-2H3,(H,36,41). The number of piperidine rings is 2. The van der Waals surface area contributed by atoms with Crippen molar-refractivity contribution in [2.45, 2.75) is 39.2 Å². The number of fused-ring (bicyclic) bond motifs is 5. The van der Waals surface area contributed by atoms with Crippen molar-refractivity contribution in [1.29, 1.82) is 0 Å². The molecule has 5 heterocycles. The maximum Gasteiger partial charge on any atom is 0.349 e. The number of para-hydroxylation sites is 1. The van der Waals surface area contributed by atoms with Crippen molar-refractivity contribution < 1.29 is 14.0 Å². The van der Waals surface area contributed by atoms with Crippen LogP contribution in [-0.2, 0) is 6.54 Å². The Bertz CT molecular complexity index is 1880. The van der Waals surface area contributed by atoms with E-state index in [2.05, 4.69) is 24.1 Å². The topological polar surface area (TPSA) is 105 Å². The van der Waals surface area contributed by atoms with Crippen LogP contribution in [-0.4, -0.2) is 47.5 Å². The largest absolute Gasteiger partial charge is 0.422 e. The first-order chi connectivity index (χ1) is 21.2. The molecule has 0 aliphatic carbocycles. The third kappa shape index (κ3) is 5.20. The second kappa shape index (κ2) is 11.1. The lowest BCUT2D eigenvalue weighted by molar-refractivity contribution is 0.0623. The average molecular weight is 593 g/mol. The van der Waals surface area contributed by atoms with Crippen molar-refractivity contribution in [2.75, 3.05) is 36.4 Å². The fraction of sp³-hybridized carbons (Fsp3) is 0.371. The molecule has 4 aromatic rings. The molecule has 2 amide bonds. The van der Waals surface area contributed by atoms with Gasteiger partial charge in [0.1, 0.15) is 11.1 Å². The minimum atomic E-state index is -0.721. The highest BCUT2D eigenvalue weighted by Gasteiger charge is 2.36. The van der Waals surface area contributed by atoms with Crippen molar-refractivity contribution in [1.82, 2.24) is 9.47 Å². The summed E-state index contributed by atoms with van der Waals surface area (Å²) in [6.45, 7) is 7.72. The van der Waals surface area contributed by atoms with Gasteiger partial charge < -0.3 is 24.1 Å². The smallest absolute Gasteiger partial charge is 0.349 e. The minimum absolute atomic E-state index is 0.0250. The molecule has 0 radical (unpaired) electrons. The Balaban J connectivity index is 1.25. The minimum Gasteiger partial charge on any atom is -0.422 e. The number of amides is 2. The predicted molar refractivity (Wildman–Crippen MR) is 169 cm³/mol. The fourth-order valence-corrected chi connectivity index (χ4v) is 7.56. The van der Waals surface area contributed by atoms with E-state index < -0.39 is 11.5 Å². The van der Waals surface area contributed by atoms with Crippen molar-refractivity contribution in [3.63, 3.8) is 0 Å². The summed E-state index contributed by atoms with van der Waals surface area (Å²) in [6.07, 6.45) is 2.08. The van der Waals surface area contributed by atoms with Gasteiger partial charge in [-0.05, 0) is 67.0 Å². The average Bonchev–Trinajstić information content (AvgIpc) is 3.00. The lowest BCUT2D eigenvalue weighted by Crippen LogP contribution is -2.47. The molecule has 1 N–H and O–H groups in total. The highest BCUT2D eigenvalue weighted by atomic mass is 16.4. The molecular weight excluding hydrogens is 556 g/mol. The SMILES string of the molecule is CC1CC(C)CN(C(=O)c2ccc(N3CC4CC(C3)c3cccc(=O)n3C4)c(NC(=O)c3cc4ccccc4oc3=O)c2)C1. The number of anilines is 2. The first-order valence-electron chi connectivity index (χ1n) is 15.5. The first kappa shape index (κ1) is 28.1. The van der Waals surface area contributed by atoms with Crippen LogP contribution in [0.2, 0.25) is 0 Å². The van der Waals surface area contributed by atoms with Crippen LogP contribution in [0.1, 0.15) is 59.0 Å². The number of pyridine rings is 1. The monoisotopic (exact) mass is 592 g/mol. The van der Waals surface area contributed by atoms with Gasteiger partial charge in [0.05, 0.1) is 11.4 Å². The Morgan fingerprint density at radius 3 is 2.45 bits per heavy atom. The highest BCUT2D eigenvalue weighted by molar-refractivity contribution is 6.08. The van der Waals surface area contributed by atoms with Crippen molar-refractivity contribution >= 4 is 34.2 Å². The van der Waals surface area contributed by atoms with E-state index in [0.29, 0.717) is 66.8 Å². The van der Waals surface area contributed by atoms with Gasteiger partial charge in [-0.25, -0.2) is 4.79 Å². The normalized spacial score (nSPS) is 22.9. The summed E-state index contributed by atoms with van der Waals surface area (Å²) in [5, 5.41) is 3.62. The lowest BCUT2D eigenvalue weighted by Gasteiger charge is -2.44. The number of benzene rings is 2. The molecule has 3 aliphatic heterocycles. The molecule has 9 nitrogen and oxygen atoms in total. The molecule has 2 aromatic heterocycles. The number of hydrogen-bond acceptors (Lipinski definition) is 6. The van der Waals surface area contributed by atoms with Crippen LogP contribution in [0.5, 0.6) is 0 Å². The number of likely N-dealkylation sites (tertiary alicyclic amines) is 1. The quantitative estimate of drug-likeness (QED) is 0.337. The Morgan fingerprint density at radius 2 is 1.64 bits per heavy atom. The molecule has 4 atom stereocenters. The number of carbonyl (C=O) groups excluding carboxylic acids is 2. The highest BCUT2D eigenvalue weighted by Crippen LogP contribution is 2.39. The predicted octanol–water partition coefficient (Wildman–Crippen LogP) is 4.95. The molecule has 0 saturated carbocycles. The number of carbonyl (C=O) groups is 2. The van der Waals surface area contributed by atoms with Crippen LogP contribution in [0.15, 0.2) is 80.7 Å². The Morgan fingerprint density at radius 1 is 0.841 bits per heavy atom. The van der Waals surface area contributed by atoms with E-state index in [4.69, 9.17) is 4.42 Å². The summed E-state index contributed by atoms with van der Waals surface area (Å²) in [6, 6.07) is 19.5. The van der Waals surface area contributed by atoms with E-state index in [1.165, 1.54) is 0 Å². The molecule has 44 heavy (non-hydrogen) atoms. The summed E-state index contributed by atoms with van der Waals surface area (Å²) >= 11 is 0. The molecule has 2 fully saturated rings. The summed E-state index contributed by atoms with van der Waals surface area (Å²) in [5.74, 6) is 0.581. The van der Waals surface area contributed by atoms with Crippen LogP contribution in [0.4, 0.5) is 11.4 Å². The van der Waals surface area contributed by atoms with Gasteiger partial charge in [0.2, 0.25) is 0 Å². The fourth-order valence-electron chi connectivity index (χ4n) is 7.56. The number of hydrogen-bond donors (Lipinski definition) is 1. The summed E-state index contributed by atoms with van der Waals surface area (Å²) in [7, 11) is 0. The third-order valence-corrected chi connectivity index (χ3v) is 9.35. The second-order valence-electron chi connectivity index (χ2n) is 12.9. The second-order valence-corrected chi connectivity index (χ2v) is 12.9. The molecule has 7 rings (SSSR count). The molecule has 2 aromatic carbocycles. The van der Waals surface area contributed by atoms with Gasteiger partial charge in [-0.3, -0.25) is 14.4 Å². The Labute approximate surface area is 255 Å². The number of aromatic nitrogens is 1. The van der Waals surface area contributed by atoms with E-state index in [1.54, 1.807) is 36.4 Å². The summed E-state index contributed by atoms with van der Waals surface area (Å²) in [5.41, 5.74) is 2.38. The van der Waals surface area contributed by atoms with Crippen LogP contribution < -0.4 is 21.4 Å². The first-order valence-corrected chi connectivity index (χ1v) is 15.5. The van der Waals surface area contributed by atoms with E-state index in [1.807, 2.05) is 39.8 Å². The molecule has 2 saturated heterocycles. The molecular formula is C35H36N4O5. The van der Waals surface area contributed by atoms with E-state index in [-0.39, 0.29) is 28.9 Å². The van der Waals surface area contributed by atoms with Gasteiger partial charge in [0.25, 0.3) is 17.4 Å². The van der Waals surface area contributed by atoms with Crippen molar-refractivity contribution in [3.05, 3.63) is 104 Å². The molecule has 9 heteroatoms. The third-order valence-electron chi connectivity index (χ3n) is 9.35. The van der Waals surface area contributed by atoms with Crippen LogP contribution in [0, 0.1) is 17.8 Å². The molecule has 226 valence electrons. The van der Waals surface area contributed by atoms with Gasteiger partial charge in [-0.2, -0.15) is 0 Å². The van der Waals surface area contributed by atoms with E-state index in [9.17, 15) is 19.2 Å². The maximum absolute atomic E-state index is 13.7. The van der Waals surface area contributed by atoms with Crippen LogP contribution in [0.3, 0.4) is 0 Å². The van der Waals surface area contributed by atoms with Gasteiger partial charge in [0, 0.05) is 61.4 Å². The van der Waals surface area contributed by atoms with Gasteiger partial charge in [0.15, 0.2) is 0 Å². The molecule has 2 bridgehead atoms. The zero-order valence-corrected chi connectivity index (χ0v) is 25.0. The lowest BCUT2D eigenvalue weighted by atomic mass is 9.83. The number of nitrogens with zero attached hydrogens (tertiary/aromatic N) is 3. The van der Waals surface area contributed by atoms with Gasteiger partial charge in [-0.15, -0.1) is 0 Å². The number of rotatable bonds is 4. The maximum atomic E-state index is 13.7. The zero-order valence-electron chi connectivity index (χ0n) is 25.0. The molecule has 0 spiro atoms. The molecule has 3 aliphatic rings. The van der Waals surface area contributed by atoms with Gasteiger partial charge in [-0.1, -0.05) is 38.1 Å². The van der Waals surface area contributed by atoms with Crippen LogP contribution >= 0.6 is 0 Å². The molecule has 4 unspecified atom stereocenters. The summed E-state index contributed by atoms with van der Waals surface area (Å²) < 4.78 is 7.33. The Hall–Kier alpha value is -4.66. The van der Waals surface area contributed by atoms with Gasteiger partial charge >= 0.3 is 5.63 Å². The van der Waals surface area contributed by atoms with Crippen LogP contribution in [0.25, 0.3) is 11.0 Å². The van der Waals surface area contributed by atoms with E-state index in [0.717, 1.165) is 24.2 Å².